The third-order valence-electron chi connectivity index (χ3n) is 3.03. The van der Waals surface area contributed by atoms with Gasteiger partial charge in [0.15, 0.2) is 5.13 Å². The molecular formula is C14H26N2OS. The number of hydrogen-bond donors (Lipinski definition) is 1. The molecular weight excluding hydrogens is 244 g/mol. The second kappa shape index (κ2) is 7.74. The molecule has 0 radical (unpaired) electrons. The predicted molar refractivity (Wildman–Crippen MR) is 79.5 cm³/mol. The van der Waals surface area contributed by atoms with Gasteiger partial charge in [0.05, 0.1) is 16.7 Å². The number of aliphatic hydroxyl groups is 1. The topological polar surface area (TPSA) is 36.4 Å². The molecule has 0 aliphatic heterocycles. The SMILES string of the molecule is CCCCN(CCCC)c1nc(C)c(C(C)O)s1. The Morgan fingerprint density at radius 1 is 1.22 bits per heavy atom. The van der Waals surface area contributed by atoms with Crippen molar-refractivity contribution >= 4 is 16.5 Å². The lowest BCUT2D eigenvalue weighted by molar-refractivity contribution is 0.202. The molecule has 1 aromatic rings. The Morgan fingerprint density at radius 2 is 1.78 bits per heavy atom. The van der Waals surface area contributed by atoms with E-state index in [1.54, 1.807) is 11.3 Å². The Balaban J connectivity index is 2.79. The zero-order chi connectivity index (χ0) is 13.5. The van der Waals surface area contributed by atoms with Gasteiger partial charge < -0.3 is 10.0 Å². The molecule has 1 rings (SSSR count). The molecule has 104 valence electrons. The third kappa shape index (κ3) is 4.25. The van der Waals surface area contributed by atoms with Crippen molar-refractivity contribution in [1.29, 1.82) is 0 Å². The van der Waals surface area contributed by atoms with Crippen molar-refractivity contribution in [3.63, 3.8) is 0 Å². The molecule has 1 N–H and O–H groups in total. The number of thiazole rings is 1. The van der Waals surface area contributed by atoms with Crippen LogP contribution in [0.2, 0.25) is 0 Å². The first kappa shape index (κ1) is 15.4. The highest BCUT2D eigenvalue weighted by Crippen LogP contribution is 2.30. The van der Waals surface area contributed by atoms with Gasteiger partial charge in [0.1, 0.15) is 0 Å². The van der Waals surface area contributed by atoms with Crippen LogP contribution in [0.3, 0.4) is 0 Å². The number of aliphatic hydroxyl groups excluding tert-OH is 1. The van der Waals surface area contributed by atoms with Gasteiger partial charge in [-0.1, -0.05) is 38.0 Å². The van der Waals surface area contributed by atoms with Crippen LogP contribution in [-0.4, -0.2) is 23.2 Å². The van der Waals surface area contributed by atoms with Gasteiger partial charge >= 0.3 is 0 Å². The molecule has 1 atom stereocenters. The normalized spacial score (nSPS) is 12.7. The maximum absolute atomic E-state index is 9.70. The smallest absolute Gasteiger partial charge is 0.185 e. The first-order chi connectivity index (χ1) is 8.60. The lowest BCUT2D eigenvalue weighted by Crippen LogP contribution is -2.25. The van der Waals surface area contributed by atoms with Crippen molar-refractivity contribution in [2.24, 2.45) is 0 Å². The highest BCUT2D eigenvalue weighted by atomic mass is 32.1. The Kier molecular flexibility index (Phi) is 6.65. The van der Waals surface area contributed by atoms with Crippen LogP contribution in [0.5, 0.6) is 0 Å². The van der Waals surface area contributed by atoms with Crippen LogP contribution in [0.25, 0.3) is 0 Å². The molecule has 0 saturated heterocycles. The second-order valence-corrected chi connectivity index (χ2v) is 5.83. The minimum atomic E-state index is -0.407. The van der Waals surface area contributed by atoms with Gasteiger partial charge in [-0.2, -0.15) is 0 Å². The Bertz CT molecular complexity index is 342. The maximum atomic E-state index is 9.70. The van der Waals surface area contributed by atoms with E-state index in [4.69, 9.17) is 0 Å². The summed E-state index contributed by atoms with van der Waals surface area (Å²) in [5.41, 5.74) is 0.975. The van der Waals surface area contributed by atoms with Gasteiger partial charge in [0.2, 0.25) is 0 Å². The van der Waals surface area contributed by atoms with Crippen molar-refractivity contribution in [2.75, 3.05) is 18.0 Å². The zero-order valence-electron chi connectivity index (χ0n) is 12.1. The summed E-state index contributed by atoms with van der Waals surface area (Å²) in [5.74, 6) is 0. The van der Waals surface area contributed by atoms with Crippen LogP contribution in [0, 0.1) is 6.92 Å². The van der Waals surface area contributed by atoms with E-state index in [2.05, 4.69) is 23.7 Å². The standard InChI is InChI=1S/C14H26N2OS/c1-5-7-9-16(10-8-6-2)14-15-11(3)13(18-14)12(4)17/h12,17H,5-10H2,1-4H3. The minimum absolute atomic E-state index is 0.407. The molecule has 1 unspecified atom stereocenters. The van der Waals surface area contributed by atoms with E-state index in [1.807, 2.05) is 13.8 Å². The molecule has 0 aromatic carbocycles. The number of aryl methyl sites for hydroxylation is 1. The van der Waals surface area contributed by atoms with Gasteiger partial charge in [0, 0.05) is 13.1 Å². The number of anilines is 1. The van der Waals surface area contributed by atoms with E-state index >= 15 is 0 Å². The molecule has 0 aliphatic rings. The number of nitrogens with zero attached hydrogens (tertiary/aromatic N) is 2. The number of unbranched alkanes of at least 4 members (excludes halogenated alkanes) is 2. The van der Waals surface area contributed by atoms with E-state index in [0.717, 1.165) is 28.8 Å². The Labute approximate surface area is 115 Å². The summed E-state index contributed by atoms with van der Waals surface area (Å²) in [6.07, 6.45) is 4.40. The van der Waals surface area contributed by atoms with E-state index in [1.165, 1.54) is 25.7 Å². The summed E-state index contributed by atoms with van der Waals surface area (Å²) in [6, 6.07) is 0. The monoisotopic (exact) mass is 270 g/mol. The van der Waals surface area contributed by atoms with E-state index in [9.17, 15) is 5.11 Å². The quantitative estimate of drug-likeness (QED) is 0.778. The molecule has 1 heterocycles. The third-order valence-corrected chi connectivity index (χ3v) is 4.42. The van der Waals surface area contributed by atoms with E-state index < -0.39 is 6.10 Å². The average molecular weight is 270 g/mol. The molecule has 18 heavy (non-hydrogen) atoms. The first-order valence-electron chi connectivity index (χ1n) is 7.00. The van der Waals surface area contributed by atoms with Crippen LogP contribution in [0.15, 0.2) is 0 Å². The van der Waals surface area contributed by atoms with Crippen LogP contribution < -0.4 is 4.90 Å². The Morgan fingerprint density at radius 3 is 2.17 bits per heavy atom. The molecule has 0 bridgehead atoms. The second-order valence-electron chi connectivity index (χ2n) is 4.82. The number of rotatable bonds is 8. The molecule has 0 fully saturated rings. The van der Waals surface area contributed by atoms with E-state index in [-0.39, 0.29) is 0 Å². The van der Waals surface area contributed by atoms with Crippen molar-refractivity contribution < 1.29 is 5.11 Å². The number of hydrogen-bond acceptors (Lipinski definition) is 4. The fourth-order valence-electron chi connectivity index (χ4n) is 1.92. The van der Waals surface area contributed by atoms with Gasteiger partial charge in [-0.05, 0) is 26.7 Å². The van der Waals surface area contributed by atoms with Gasteiger partial charge in [-0.3, -0.25) is 0 Å². The summed E-state index contributed by atoms with van der Waals surface area (Å²) in [7, 11) is 0. The Hall–Kier alpha value is -0.610. The molecule has 0 spiro atoms. The molecule has 0 saturated carbocycles. The van der Waals surface area contributed by atoms with Crippen molar-refractivity contribution in [3.8, 4) is 0 Å². The summed E-state index contributed by atoms with van der Waals surface area (Å²) in [6.45, 7) is 10.4. The van der Waals surface area contributed by atoms with Crippen LogP contribution in [0.4, 0.5) is 5.13 Å². The first-order valence-corrected chi connectivity index (χ1v) is 7.82. The number of aromatic nitrogens is 1. The fourth-order valence-corrected chi connectivity index (χ4v) is 2.97. The van der Waals surface area contributed by atoms with E-state index in [0.29, 0.717) is 0 Å². The molecule has 4 heteroatoms. The highest BCUT2D eigenvalue weighted by Gasteiger charge is 2.16. The lowest BCUT2D eigenvalue weighted by Gasteiger charge is -2.21. The molecule has 1 aromatic heterocycles. The summed E-state index contributed by atoms with van der Waals surface area (Å²) >= 11 is 1.64. The highest BCUT2D eigenvalue weighted by molar-refractivity contribution is 7.15. The largest absolute Gasteiger partial charge is 0.388 e. The zero-order valence-corrected chi connectivity index (χ0v) is 12.9. The summed E-state index contributed by atoms with van der Waals surface area (Å²) in [4.78, 5) is 8.00. The lowest BCUT2D eigenvalue weighted by atomic mass is 10.3. The minimum Gasteiger partial charge on any atom is -0.388 e. The van der Waals surface area contributed by atoms with Crippen LogP contribution in [-0.2, 0) is 0 Å². The van der Waals surface area contributed by atoms with Gasteiger partial charge in [-0.15, -0.1) is 0 Å². The molecule has 0 amide bonds. The summed E-state index contributed by atoms with van der Waals surface area (Å²) < 4.78 is 0. The average Bonchev–Trinajstić information content (AvgIpc) is 2.71. The van der Waals surface area contributed by atoms with Crippen LogP contribution >= 0.6 is 11.3 Å². The van der Waals surface area contributed by atoms with Gasteiger partial charge in [-0.25, -0.2) is 4.98 Å². The van der Waals surface area contributed by atoms with Gasteiger partial charge in [0.25, 0.3) is 0 Å². The fraction of sp³-hybridized carbons (Fsp3) is 0.786. The van der Waals surface area contributed by atoms with Crippen molar-refractivity contribution in [3.05, 3.63) is 10.6 Å². The van der Waals surface area contributed by atoms with Crippen LogP contribution in [0.1, 0.15) is 63.1 Å². The van der Waals surface area contributed by atoms with Crippen molar-refractivity contribution in [1.82, 2.24) is 4.98 Å². The molecule has 3 nitrogen and oxygen atoms in total. The summed E-state index contributed by atoms with van der Waals surface area (Å²) in [5, 5.41) is 10.8. The maximum Gasteiger partial charge on any atom is 0.185 e. The predicted octanol–water partition coefficient (Wildman–Crippen LogP) is 3.91. The molecule has 0 aliphatic carbocycles. The van der Waals surface area contributed by atoms with Crippen molar-refractivity contribution in [2.45, 2.75) is 59.5 Å².